The minimum atomic E-state index is -0.280. The highest BCUT2D eigenvalue weighted by Crippen LogP contribution is 2.32. The van der Waals surface area contributed by atoms with Crippen LogP contribution in [0.25, 0.3) is 0 Å². The number of ether oxygens (including phenoxy) is 2. The molecule has 6 nitrogen and oxygen atoms in total. The van der Waals surface area contributed by atoms with E-state index >= 15 is 0 Å². The average molecular weight is 358 g/mol. The van der Waals surface area contributed by atoms with Gasteiger partial charge < -0.3 is 25.4 Å². The van der Waals surface area contributed by atoms with Crippen molar-refractivity contribution in [2.24, 2.45) is 10.7 Å². The van der Waals surface area contributed by atoms with E-state index in [2.05, 4.69) is 10.3 Å². The third-order valence-electron chi connectivity index (χ3n) is 3.95. The van der Waals surface area contributed by atoms with E-state index in [1.165, 1.54) is 6.07 Å². The molecule has 2 aromatic carbocycles. The first-order valence-electron chi connectivity index (χ1n) is 8.45. The van der Waals surface area contributed by atoms with Crippen LogP contribution in [0.5, 0.6) is 11.5 Å². The molecular formula is C19H23FN4O2. The van der Waals surface area contributed by atoms with Crippen molar-refractivity contribution in [3.63, 3.8) is 0 Å². The van der Waals surface area contributed by atoms with Crippen molar-refractivity contribution < 1.29 is 13.9 Å². The van der Waals surface area contributed by atoms with Gasteiger partial charge in [-0.05, 0) is 29.8 Å². The number of hydrogen-bond donors (Lipinski definition) is 2. The van der Waals surface area contributed by atoms with Gasteiger partial charge in [0.15, 0.2) is 17.5 Å². The van der Waals surface area contributed by atoms with Crippen molar-refractivity contribution in [3.05, 3.63) is 47.8 Å². The number of hydrogen-bond acceptors (Lipinski definition) is 4. The number of nitrogens with zero attached hydrogens (tertiary/aromatic N) is 2. The summed E-state index contributed by atoms with van der Waals surface area (Å²) in [6.07, 6.45) is 0.851. The molecule has 138 valence electrons. The standard InChI is InChI=1S/C19H23FN4O2/c1-24(2)16-6-4-13(10-15(16)20)12-22-19(21)23-14-5-7-17-18(11-14)26-9-3-8-25-17/h4-7,10-11H,3,8-9,12H2,1-2H3,(H3,21,22,23). The second-order valence-corrected chi connectivity index (χ2v) is 6.22. The van der Waals surface area contributed by atoms with Crippen molar-refractivity contribution in [1.29, 1.82) is 0 Å². The molecular weight excluding hydrogens is 335 g/mol. The fourth-order valence-electron chi connectivity index (χ4n) is 2.62. The fraction of sp³-hybridized carbons (Fsp3) is 0.316. The third-order valence-corrected chi connectivity index (χ3v) is 3.95. The maximum atomic E-state index is 14.0. The Bertz CT molecular complexity index is 808. The first-order chi connectivity index (χ1) is 12.5. The molecule has 0 saturated carbocycles. The molecule has 3 N–H and O–H groups in total. The number of anilines is 2. The van der Waals surface area contributed by atoms with Gasteiger partial charge in [0, 0.05) is 32.3 Å². The van der Waals surface area contributed by atoms with E-state index in [1.807, 2.05) is 24.3 Å². The molecule has 0 atom stereocenters. The summed E-state index contributed by atoms with van der Waals surface area (Å²) in [6, 6.07) is 10.6. The molecule has 0 saturated heterocycles. The molecule has 1 heterocycles. The number of nitrogens with one attached hydrogen (secondary N) is 1. The molecule has 1 aliphatic rings. The number of guanidine groups is 1. The van der Waals surface area contributed by atoms with E-state index in [0.717, 1.165) is 23.4 Å². The van der Waals surface area contributed by atoms with Crippen molar-refractivity contribution in [2.75, 3.05) is 37.5 Å². The van der Waals surface area contributed by atoms with Gasteiger partial charge in [-0.2, -0.15) is 0 Å². The van der Waals surface area contributed by atoms with E-state index in [9.17, 15) is 4.39 Å². The molecule has 1 aliphatic heterocycles. The lowest BCUT2D eigenvalue weighted by Crippen LogP contribution is -2.22. The minimum Gasteiger partial charge on any atom is -0.490 e. The first-order valence-corrected chi connectivity index (χ1v) is 8.45. The summed E-state index contributed by atoms with van der Waals surface area (Å²) in [4.78, 5) is 5.99. The molecule has 0 amide bonds. The molecule has 0 fully saturated rings. The lowest BCUT2D eigenvalue weighted by Gasteiger charge is -2.14. The van der Waals surface area contributed by atoms with Gasteiger partial charge in [0.05, 0.1) is 25.4 Å². The third kappa shape index (κ3) is 4.36. The Morgan fingerprint density at radius 2 is 1.92 bits per heavy atom. The highest BCUT2D eigenvalue weighted by molar-refractivity contribution is 5.92. The van der Waals surface area contributed by atoms with Gasteiger partial charge in [-0.1, -0.05) is 6.07 Å². The number of rotatable bonds is 4. The molecule has 0 bridgehead atoms. The minimum absolute atomic E-state index is 0.247. The monoisotopic (exact) mass is 358 g/mol. The maximum absolute atomic E-state index is 14.0. The maximum Gasteiger partial charge on any atom is 0.193 e. The molecule has 0 radical (unpaired) electrons. The van der Waals surface area contributed by atoms with Crippen molar-refractivity contribution in [3.8, 4) is 11.5 Å². The van der Waals surface area contributed by atoms with Crippen LogP contribution < -0.4 is 25.4 Å². The van der Waals surface area contributed by atoms with Crippen LogP contribution in [0, 0.1) is 5.82 Å². The molecule has 2 aromatic rings. The molecule has 0 aromatic heterocycles. The van der Waals surface area contributed by atoms with Gasteiger partial charge in [-0.25, -0.2) is 9.38 Å². The number of benzene rings is 2. The smallest absolute Gasteiger partial charge is 0.193 e. The van der Waals surface area contributed by atoms with Gasteiger partial charge in [0.1, 0.15) is 5.82 Å². The number of aliphatic imine (C=N–C) groups is 1. The van der Waals surface area contributed by atoms with Crippen LogP contribution in [0.4, 0.5) is 15.8 Å². The molecule has 7 heteroatoms. The van der Waals surface area contributed by atoms with Crippen LogP contribution >= 0.6 is 0 Å². The first kappa shape index (κ1) is 17.8. The zero-order chi connectivity index (χ0) is 18.5. The summed E-state index contributed by atoms with van der Waals surface area (Å²) in [5.41, 5.74) is 7.98. The molecule has 3 rings (SSSR count). The topological polar surface area (TPSA) is 72.1 Å². The molecule has 0 unspecified atom stereocenters. The van der Waals surface area contributed by atoms with Gasteiger partial charge in [-0.15, -0.1) is 0 Å². The zero-order valence-corrected chi connectivity index (χ0v) is 15.0. The van der Waals surface area contributed by atoms with Gasteiger partial charge in [0.2, 0.25) is 0 Å². The fourth-order valence-corrected chi connectivity index (χ4v) is 2.62. The van der Waals surface area contributed by atoms with Gasteiger partial charge in [-0.3, -0.25) is 0 Å². The second-order valence-electron chi connectivity index (χ2n) is 6.22. The number of fused-ring (bicyclic) bond motifs is 1. The molecule has 26 heavy (non-hydrogen) atoms. The molecule has 0 spiro atoms. The Hall–Kier alpha value is -2.96. The van der Waals surface area contributed by atoms with Gasteiger partial charge in [0.25, 0.3) is 0 Å². The highest BCUT2D eigenvalue weighted by Gasteiger charge is 2.11. The Morgan fingerprint density at radius 3 is 2.65 bits per heavy atom. The summed E-state index contributed by atoms with van der Waals surface area (Å²) in [7, 11) is 3.60. The van der Waals surface area contributed by atoms with E-state index in [-0.39, 0.29) is 18.3 Å². The summed E-state index contributed by atoms with van der Waals surface area (Å²) >= 11 is 0. The van der Waals surface area contributed by atoms with Crippen LogP contribution in [0.15, 0.2) is 41.4 Å². The van der Waals surface area contributed by atoms with Crippen LogP contribution in [-0.4, -0.2) is 33.3 Å². The predicted molar refractivity (Wildman–Crippen MR) is 102 cm³/mol. The average Bonchev–Trinajstić information content (AvgIpc) is 2.84. The van der Waals surface area contributed by atoms with E-state index in [0.29, 0.717) is 24.7 Å². The van der Waals surface area contributed by atoms with Gasteiger partial charge >= 0.3 is 0 Å². The van der Waals surface area contributed by atoms with Crippen LogP contribution in [-0.2, 0) is 6.54 Å². The largest absolute Gasteiger partial charge is 0.490 e. The predicted octanol–water partition coefficient (Wildman–Crippen LogP) is 2.98. The lowest BCUT2D eigenvalue weighted by molar-refractivity contribution is 0.297. The van der Waals surface area contributed by atoms with Crippen molar-refractivity contribution in [2.45, 2.75) is 13.0 Å². The van der Waals surface area contributed by atoms with E-state index in [1.54, 1.807) is 25.1 Å². The van der Waals surface area contributed by atoms with E-state index in [4.69, 9.17) is 15.2 Å². The summed E-state index contributed by atoms with van der Waals surface area (Å²) in [6.45, 7) is 1.55. The summed E-state index contributed by atoms with van der Waals surface area (Å²) < 4.78 is 25.3. The van der Waals surface area contributed by atoms with Crippen molar-refractivity contribution in [1.82, 2.24) is 0 Å². The molecule has 0 aliphatic carbocycles. The second kappa shape index (κ2) is 7.95. The summed E-state index contributed by atoms with van der Waals surface area (Å²) in [5, 5.41) is 3.02. The Balaban J connectivity index is 1.65. The van der Waals surface area contributed by atoms with Crippen molar-refractivity contribution >= 4 is 17.3 Å². The quantitative estimate of drug-likeness (QED) is 0.649. The number of halogens is 1. The Morgan fingerprint density at radius 1 is 1.15 bits per heavy atom. The highest BCUT2D eigenvalue weighted by atomic mass is 19.1. The van der Waals surface area contributed by atoms with E-state index < -0.39 is 0 Å². The number of nitrogens with two attached hydrogens (primary N) is 1. The van der Waals surface area contributed by atoms with Crippen LogP contribution in [0.2, 0.25) is 0 Å². The lowest BCUT2D eigenvalue weighted by atomic mass is 10.2. The zero-order valence-electron chi connectivity index (χ0n) is 15.0. The SMILES string of the molecule is CN(C)c1ccc(CN=C(N)Nc2ccc3c(c2)OCCCO3)cc1F. The Labute approximate surface area is 152 Å². The summed E-state index contributed by atoms with van der Waals surface area (Å²) in [5.74, 6) is 1.37. The van der Waals surface area contributed by atoms with Crippen LogP contribution in [0.3, 0.4) is 0 Å². The Kier molecular flexibility index (Phi) is 5.46. The van der Waals surface area contributed by atoms with Crippen LogP contribution in [0.1, 0.15) is 12.0 Å². The normalized spacial score (nSPS) is 13.9.